The third kappa shape index (κ3) is 3.14. The largest absolute Gasteiger partial charge is 0.393 e. The Bertz CT molecular complexity index is 1250. The van der Waals surface area contributed by atoms with Gasteiger partial charge in [-0.05, 0) is 37.5 Å². The highest BCUT2D eigenvalue weighted by atomic mass is 35.5. The molecule has 5 rings (SSSR count). The maximum atomic E-state index is 12.8. The molecule has 4 aromatic rings. The summed E-state index contributed by atoms with van der Waals surface area (Å²) in [7, 11) is 1.85. The number of carbonyl (C=O) groups is 1. The molecule has 0 spiro atoms. The Morgan fingerprint density at radius 3 is 3.03 bits per heavy atom. The highest BCUT2D eigenvalue weighted by Gasteiger charge is 2.26. The number of hydrogen-bond donors (Lipinski definition) is 3. The molecule has 1 aliphatic carbocycles. The summed E-state index contributed by atoms with van der Waals surface area (Å²) in [6, 6.07) is 5.54. The molecular formula is C20H19ClN6O2. The quantitative estimate of drug-likeness (QED) is 0.481. The van der Waals surface area contributed by atoms with E-state index in [9.17, 15) is 9.90 Å². The van der Waals surface area contributed by atoms with Crippen molar-refractivity contribution in [2.75, 3.05) is 0 Å². The van der Waals surface area contributed by atoms with Crippen LogP contribution in [0.5, 0.6) is 0 Å². The fourth-order valence-corrected chi connectivity index (χ4v) is 4.12. The lowest BCUT2D eigenvalue weighted by molar-refractivity contribution is 0.0935. The van der Waals surface area contributed by atoms with Crippen LogP contribution in [0.4, 0.5) is 0 Å². The van der Waals surface area contributed by atoms with Gasteiger partial charge < -0.3 is 15.4 Å². The number of aromatic nitrogens is 5. The number of aryl methyl sites for hydroxylation is 1. The van der Waals surface area contributed by atoms with Crippen molar-refractivity contribution in [3.8, 4) is 11.4 Å². The van der Waals surface area contributed by atoms with Crippen LogP contribution in [0.1, 0.15) is 29.6 Å². The van der Waals surface area contributed by atoms with E-state index in [4.69, 9.17) is 11.6 Å². The molecule has 9 heteroatoms. The van der Waals surface area contributed by atoms with Gasteiger partial charge in [-0.3, -0.25) is 9.48 Å². The van der Waals surface area contributed by atoms with Crippen molar-refractivity contribution in [3.05, 3.63) is 41.2 Å². The molecule has 29 heavy (non-hydrogen) atoms. The molecule has 1 fully saturated rings. The van der Waals surface area contributed by atoms with Gasteiger partial charge in [0.05, 0.1) is 23.4 Å². The van der Waals surface area contributed by atoms with Gasteiger partial charge in [0.15, 0.2) is 5.65 Å². The zero-order valence-corrected chi connectivity index (χ0v) is 16.4. The van der Waals surface area contributed by atoms with E-state index in [1.807, 2.05) is 25.2 Å². The van der Waals surface area contributed by atoms with E-state index >= 15 is 0 Å². The van der Waals surface area contributed by atoms with Crippen LogP contribution in [0.25, 0.3) is 33.5 Å². The molecule has 1 saturated carbocycles. The van der Waals surface area contributed by atoms with E-state index in [0.717, 1.165) is 17.3 Å². The number of aliphatic hydroxyl groups is 1. The first-order chi connectivity index (χ1) is 14.0. The smallest absolute Gasteiger partial charge is 0.255 e. The molecule has 0 bridgehead atoms. The molecule has 1 amide bonds. The van der Waals surface area contributed by atoms with Crippen LogP contribution in [0.15, 0.2) is 30.6 Å². The van der Waals surface area contributed by atoms with Gasteiger partial charge in [0.2, 0.25) is 0 Å². The first-order valence-corrected chi connectivity index (χ1v) is 9.83. The molecule has 3 N–H and O–H groups in total. The van der Waals surface area contributed by atoms with Crippen LogP contribution in [0.3, 0.4) is 0 Å². The molecule has 148 valence electrons. The van der Waals surface area contributed by atoms with Gasteiger partial charge in [-0.1, -0.05) is 11.6 Å². The summed E-state index contributed by atoms with van der Waals surface area (Å²) in [6.45, 7) is 0. The molecule has 3 aromatic heterocycles. The molecule has 0 saturated heterocycles. The fourth-order valence-electron chi connectivity index (χ4n) is 3.95. The van der Waals surface area contributed by atoms with Gasteiger partial charge in [0, 0.05) is 29.7 Å². The number of aromatic amines is 1. The first-order valence-electron chi connectivity index (χ1n) is 9.45. The zero-order chi connectivity index (χ0) is 20.1. The summed E-state index contributed by atoms with van der Waals surface area (Å²) in [4.78, 5) is 24.9. The number of hydrogen-bond acceptors (Lipinski definition) is 5. The SMILES string of the molecule is Cn1nc(-c2cnc3[nH]cc(C(=O)N[C@@H]4CC[C@H](O)C4)c3n2)c2ccc(Cl)cc21. The van der Waals surface area contributed by atoms with E-state index in [1.165, 1.54) is 0 Å². The van der Waals surface area contributed by atoms with Crippen LogP contribution in [0.2, 0.25) is 5.02 Å². The number of carbonyl (C=O) groups excluding carboxylic acids is 1. The summed E-state index contributed by atoms with van der Waals surface area (Å²) in [5, 5.41) is 18.8. The predicted octanol–water partition coefficient (Wildman–Crippen LogP) is 2.81. The summed E-state index contributed by atoms with van der Waals surface area (Å²) < 4.78 is 1.75. The maximum absolute atomic E-state index is 12.8. The van der Waals surface area contributed by atoms with E-state index < -0.39 is 0 Å². The minimum atomic E-state index is -0.347. The van der Waals surface area contributed by atoms with Gasteiger partial charge in [-0.25, -0.2) is 9.97 Å². The predicted molar refractivity (Wildman–Crippen MR) is 110 cm³/mol. The number of nitrogens with zero attached hydrogens (tertiary/aromatic N) is 4. The second kappa shape index (κ2) is 6.82. The average Bonchev–Trinajstić information content (AvgIpc) is 3.39. The molecular weight excluding hydrogens is 392 g/mol. The third-order valence-electron chi connectivity index (χ3n) is 5.42. The Balaban J connectivity index is 1.54. The van der Waals surface area contributed by atoms with Crippen molar-refractivity contribution in [1.82, 2.24) is 30.0 Å². The van der Waals surface area contributed by atoms with E-state index in [2.05, 4.69) is 25.4 Å². The topological polar surface area (TPSA) is 109 Å². The minimum Gasteiger partial charge on any atom is -0.393 e. The zero-order valence-electron chi connectivity index (χ0n) is 15.7. The van der Waals surface area contributed by atoms with Crippen LogP contribution in [-0.4, -0.2) is 47.9 Å². The van der Waals surface area contributed by atoms with Crippen molar-refractivity contribution in [1.29, 1.82) is 0 Å². The number of aliphatic hydroxyl groups excluding tert-OH is 1. The molecule has 0 radical (unpaired) electrons. The van der Waals surface area contributed by atoms with Gasteiger partial charge in [0.25, 0.3) is 5.91 Å². The van der Waals surface area contributed by atoms with Crippen molar-refractivity contribution < 1.29 is 9.90 Å². The fraction of sp³-hybridized carbons (Fsp3) is 0.300. The lowest BCUT2D eigenvalue weighted by atomic mass is 10.1. The number of nitrogens with one attached hydrogen (secondary N) is 2. The van der Waals surface area contributed by atoms with E-state index in [1.54, 1.807) is 17.1 Å². The standard InChI is InChI=1S/C20H19ClN6O2/c1-27-16-6-10(21)2-5-13(16)17(26-27)15-9-23-19-18(25-15)14(8-22-19)20(29)24-11-3-4-12(28)7-11/h2,5-6,8-9,11-12,28H,3-4,7H2,1H3,(H,22,23)(H,24,29)/t11-,12+/m1/s1. The summed E-state index contributed by atoms with van der Waals surface area (Å²) in [5.74, 6) is -0.223. The van der Waals surface area contributed by atoms with Gasteiger partial charge in [-0.15, -0.1) is 0 Å². The molecule has 3 heterocycles. The number of amides is 1. The maximum Gasteiger partial charge on any atom is 0.255 e. The van der Waals surface area contributed by atoms with Gasteiger partial charge in [0.1, 0.15) is 16.9 Å². The highest BCUT2D eigenvalue weighted by Crippen LogP contribution is 2.29. The molecule has 1 aromatic carbocycles. The van der Waals surface area contributed by atoms with E-state index in [-0.39, 0.29) is 18.1 Å². The lowest BCUT2D eigenvalue weighted by Gasteiger charge is -2.11. The highest BCUT2D eigenvalue weighted by molar-refractivity contribution is 6.31. The molecule has 8 nitrogen and oxygen atoms in total. The van der Waals surface area contributed by atoms with Gasteiger partial charge >= 0.3 is 0 Å². The summed E-state index contributed by atoms with van der Waals surface area (Å²) >= 11 is 6.11. The van der Waals surface area contributed by atoms with Crippen LogP contribution >= 0.6 is 11.6 Å². The minimum absolute atomic E-state index is 0.0249. The van der Waals surface area contributed by atoms with Gasteiger partial charge in [-0.2, -0.15) is 5.10 Å². The number of halogens is 1. The lowest BCUT2D eigenvalue weighted by Crippen LogP contribution is -2.33. The Morgan fingerprint density at radius 1 is 1.38 bits per heavy atom. The van der Waals surface area contributed by atoms with Crippen LogP contribution in [0, 0.1) is 0 Å². The van der Waals surface area contributed by atoms with Crippen molar-refractivity contribution in [2.45, 2.75) is 31.4 Å². The summed E-state index contributed by atoms with van der Waals surface area (Å²) in [5.41, 5.74) is 3.61. The molecule has 0 aliphatic heterocycles. The second-order valence-corrected chi connectivity index (χ2v) is 7.86. The van der Waals surface area contributed by atoms with E-state index in [0.29, 0.717) is 46.0 Å². The van der Waals surface area contributed by atoms with Crippen LogP contribution < -0.4 is 5.32 Å². The Kier molecular flexibility index (Phi) is 4.25. The Hall–Kier alpha value is -2.97. The molecule has 0 unspecified atom stereocenters. The average molecular weight is 411 g/mol. The Labute approximate surface area is 170 Å². The van der Waals surface area contributed by atoms with Crippen molar-refractivity contribution in [2.24, 2.45) is 7.05 Å². The third-order valence-corrected chi connectivity index (χ3v) is 5.66. The van der Waals surface area contributed by atoms with Crippen LogP contribution in [-0.2, 0) is 7.05 Å². The number of rotatable bonds is 3. The first kappa shape index (κ1) is 18.1. The molecule has 1 aliphatic rings. The number of fused-ring (bicyclic) bond motifs is 2. The normalized spacial score (nSPS) is 19.3. The molecule has 2 atom stereocenters. The van der Waals surface area contributed by atoms with Crippen molar-refractivity contribution >= 4 is 39.6 Å². The monoisotopic (exact) mass is 410 g/mol. The Morgan fingerprint density at radius 2 is 2.24 bits per heavy atom. The second-order valence-electron chi connectivity index (χ2n) is 7.43. The summed E-state index contributed by atoms with van der Waals surface area (Å²) in [6.07, 6.45) is 4.97. The van der Waals surface area contributed by atoms with Crippen molar-refractivity contribution in [3.63, 3.8) is 0 Å². The number of benzene rings is 1. The number of H-pyrrole nitrogens is 1.